The molecule has 3 atom stereocenters. The number of rotatable bonds is 1. The first-order chi connectivity index (χ1) is 10.3. The monoisotopic (exact) mass is 289 g/mol. The van der Waals surface area contributed by atoms with Gasteiger partial charge in [-0.3, -0.25) is 0 Å². The molecule has 114 valence electrons. The van der Waals surface area contributed by atoms with Gasteiger partial charge in [0.05, 0.1) is 12.2 Å². The van der Waals surface area contributed by atoms with E-state index < -0.39 is 0 Å². The predicted octanol–water partition coefficient (Wildman–Crippen LogP) is 4.67. The molecule has 1 aromatic carbocycles. The molecule has 0 bridgehead atoms. The van der Waals surface area contributed by atoms with Gasteiger partial charge in [0.1, 0.15) is 5.82 Å². The molecular formula is C18H24FNO. The van der Waals surface area contributed by atoms with Crippen LogP contribution >= 0.6 is 0 Å². The lowest BCUT2D eigenvalue weighted by Gasteiger charge is -2.44. The number of ether oxygens (including phenoxy) is 1. The fraction of sp³-hybridized carbons (Fsp3) is 0.667. The van der Waals surface area contributed by atoms with Gasteiger partial charge in [0.15, 0.2) is 0 Å². The Balaban J connectivity index is 1.56. The van der Waals surface area contributed by atoms with Crippen LogP contribution in [-0.4, -0.2) is 12.6 Å². The highest BCUT2D eigenvalue weighted by molar-refractivity contribution is 5.54. The molecule has 1 saturated carbocycles. The molecular weight excluding hydrogens is 265 g/mol. The third kappa shape index (κ3) is 2.57. The molecule has 3 aliphatic rings. The SMILES string of the molecule is Fc1ccc2c(c1)C1OC(C3CCCCC3)CCC1CN2. The summed E-state index contributed by atoms with van der Waals surface area (Å²) in [6.45, 7) is 0.959. The highest BCUT2D eigenvalue weighted by Gasteiger charge is 2.39. The molecule has 0 radical (unpaired) electrons. The standard InChI is InChI=1S/C18H24FNO/c19-14-7-8-16-15(10-14)18-13(11-20-16)6-9-17(21-18)12-4-2-1-3-5-12/h7-8,10,12-13,17-18,20H,1-6,9,11H2. The number of benzene rings is 1. The van der Waals surface area contributed by atoms with Gasteiger partial charge in [-0.15, -0.1) is 0 Å². The number of anilines is 1. The van der Waals surface area contributed by atoms with Gasteiger partial charge in [-0.2, -0.15) is 0 Å². The van der Waals surface area contributed by atoms with Gasteiger partial charge in [-0.1, -0.05) is 19.3 Å². The van der Waals surface area contributed by atoms with E-state index in [1.54, 1.807) is 6.07 Å². The first-order valence-electron chi connectivity index (χ1n) is 8.50. The summed E-state index contributed by atoms with van der Waals surface area (Å²) in [6, 6.07) is 5.06. The van der Waals surface area contributed by atoms with Crippen molar-refractivity contribution >= 4 is 5.69 Å². The first-order valence-corrected chi connectivity index (χ1v) is 8.50. The van der Waals surface area contributed by atoms with E-state index in [1.165, 1.54) is 51.0 Å². The highest BCUT2D eigenvalue weighted by Crippen LogP contribution is 2.45. The summed E-state index contributed by atoms with van der Waals surface area (Å²) in [7, 11) is 0. The van der Waals surface area contributed by atoms with Crippen LogP contribution < -0.4 is 5.32 Å². The van der Waals surface area contributed by atoms with E-state index in [4.69, 9.17) is 4.74 Å². The molecule has 0 amide bonds. The third-order valence-corrected chi connectivity index (χ3v) is 5.62. The molecule has 1 saturated heterocycles. The molecule has 3 unspecified atom stereocenters. The quantitative estimate of drug-likeness (QED) is 0.811. The Bertz CT molecular complexity index is 512. The van der Waals surface area contributed by atoms with Crippen LogP contribution in [0.1, 0.15) is 56.6 Å². The van der Waals surface area contributed by atoms with Gasteiger partial charge < -0.3 is 10.1 Å². The largest absolute Gasteiger partial charge is 0.384 e. The summed E-state index contributed by atoms with van der Waals surface area (Å²) in [5, 5.41) is 3.44. The van der Waals surface area contributed by atoms with Crippen molar-refractivity contribution in [3.8, 4) is 0 Å². The Labute approximate surface area is 126 Å². The normalized spacial score (nSPS) is 32.9. The van der Waals surface area contributed by atoms with Gasteiger partial charge in [0.2, 0.25) is 0 Å². The van der Waals surface area contributed by atoms with Crippen LogP contribution in [-0.2, 0) is 4.74 Å². The van der Waals surface area contributed by atoms with E-state index in [0.29, 0.717) is 12.0 Å². The van der Waals surface area contributed by atoms with Gasteiger partial charge in [-0.25, -0.2) is 4.39 Å². The van der Waals surface area contributed by atoms with Crippen molar-refractivity contribution in [1.29, 1.82) is 0 Å². The summed E-state index contributed by atoms with van der Waals surface area (Å²) in [5.41, 5.74) is 2.09. The molecule has 2 nitrogen and oxygen atoms in total. The van der Waals surface area contributed by atoms with E-state index in [2.05, 4.69) is 5.32 Å². The third-order valence-electron chi connectivity index (χ3n) is 5.62. The van der Waals surface area contributed by atoms with Crippen molar-refractivity contribution in [3.63, 3.8) is 0 Å². The lowest BCUT2D eigenvalue weighted by Crippen LogP contribution is -2.40. The molecule has 0 aromatic heterocycles. The van der Waals surface area contributed by atoms with Crippen molar-refractivity contribution in [1.82, 2.24) is 0 Å². The fourth-order valence-corrected chi connectivity index (χ4v) is 4.46. The van der Waals surface area contributed by atoms with Crippen molar-refractivity contribution in [3.05, 3.63) is 29.6 Å². The molecule has 4 rings (SSSR count). The lowest BCUT2D eigenvalue weighted by atomic mass is 9.78. The molecule has 3 heteroatoms. The Hall–Kier alpha value is -1.09. The van der Waals surface area contributed by atoms with Crippen molar-refractivity contribution < 1.29 is 9.13 Å². The molecule has 21 heavy (non-hydrogen) atoms. The lowest BCUT2D eigenvalue weighted by molar-refractivity contribution is -0.113. The minimum Gasteiger partial charge on any atom is -0.384 e. The van der Waals surface area contributed by atoms with Crippen LogP contribution in [0.2, 0.25) is 0 Å². The summed E-state index contributed by atoms with van der Waals surface area (Å²) in [5.74, 6) is 1.07. The molecule has 1 aromatic rings. The average Bonchev–Trinajstić information content (AvgIpc) is 2.55. The Morgan fingerprint density at radius 3 is 2.71 bits per heavy atom. The number of nitrogens with one attached hydrogen (secondary N) is 1. The second-order valence-electron chi connectivity index (χ2n) is 6.94. The van der Waals surface area contributed by atoms with Crippen LogP contribution in [0.3, 0.4) is 0 Å². The number of fused-ring (bicyclic) bond motifs is 3. The zero-order chi connectivity index (χ0) is 14.2. The Morgan fingerprint density at radius 2 is 1.86 bits per heavy atom. The first kappa shape index (κ1) is 13.6. The van der Waals surface area contributed by atoms with Crippen LogP contribution in [0, 0.1) is 17.7 Å². The molecule has 1 aliphatic carbocycles. The maximum Gasteiger partial charge on any atom is 0.123 e. The van der Waals surface area contributed by atoms with Gasteiger partial charge in [0.25, 0.3) is 0 Å². The minimum atomic E-state index is -0.153. The van der Waals surface area contributed by atoms with Gasteiger partial charge in [-0.05, 0) is 49.8 Å². The minimum absolute atomic E-state index is 0.0950. The molecule has 2 heterocycles. The summed E-state index contributed by atoms with van der Waals surface area (Å²) < 4.78 is 20.1. The van der Waals surface area contributed by atoms with Crippen LogP contribution in [0.25, 0.3) is 0 Å². The Morgan fingerprint density at radius 1 is 1.00 bits per heavy atom. The fourth-order valence-electron chi connectivity index (χ4n) is 4.46. The smallest absolute Gasteiger partial charge is 0.123 e. The molecule has 2 fully saturated rings. The van der Waals surface area contributed by atoms with E-state index >= 15 is 0 Å². The predicted molar refractivity (Wildman–Crippen MR) is 81.8 cm³/mol. The van der Waals surface area contributed by atoms with Crippen molar-refractivity contribution in [2.24, 2.45) is 11.8 Å². The summed E-state index contributed by atoms with van der Waals surface area (Å²) >= 11 is 0. The second-order valence-corrected chi connectivity index (χ2v) is 6.94. The summed E-state index contributed by atoms with van der Waals surface area (Å²) in [6.07, 6.45) is 9.59. The topological polar surface area (TPSA) is 21.3 Å². The van der Waals surface area contributed by atoms with Gasteiger partial charge >= 0.3 is 0 Å². The van der Waals surface area contributed by atoms with Crippen LogP contribution in [0.5, 0.6) is 0 Å². The van der Waals surface area contributed by atoms with Crippen molar-refractivity contribution in [2.45, 2.75) is 57.2 Å². The maximum absolute atomic E-state index is 13.6. The average molecular weight is 289 g/mol. The van der Waals surface area contributed by atoms with Gasteiger partial charge in [0, 0.05) is 23.7 Å². The highest BCUT2D eigenvalue weighted by atomic mass is 19.1. The number of halogens is 1. The molecule has 2 aliphatic heterocycles. The van der Waals surface area contributed by atoms with E-state index in [0.717, 1.165) is 23.7 Å². The number of hydrogen-bond donors (Lipinski definition) is 1. The summed E-state index contributed by atoms with van der Waals surface area (Å²) in [4.78, 5) is 0. The van der Waals surface area contributed by atoms with Crippen LogP contribution in [0.4, 0.5) is 10.1 Å². The Kier molecular flexibility index (Phi) is 3.62. The zero-order valence-corrected chi connectivity index (χ0v) is 12.5. The maximum atomic E-state index is 13.6. The molecule has 0 spiro atoms. The van der Waals surface area contributed by atoms with E-state index in [1.807, 2.05) is 6.07 Å². The van der Waals surface area contributed by atoms with E-state index in [-0.39, 0.29) is 11.9 Å². The van der Waals surface area contributed by atoms with Crippen LogP contribution in [0.15, 0.2) is 18.2 Å². The van der Waals surface area contributed by atoms with Crippen molar-refractivity contribution in [2.75, 3.05) is 11.9 Å². The molecule has 1 N–H and O–H groups in total. The zero-order valence-electron chi connectivity index (χ0n) is 12.5. The second kappa shape index (κ2) is 5.60. The van der Waals surface area contributed by atoms with E-state index in [9.17, 15) is 4.39 Å². The number of hydrogen-bond acceptors (Lipinski definition) is 2.